The van der Waals surface area contributed by atoms with Crippen LogP contribution in [0.1, 0.15) is 17.9 Å². The molecule has 1 N–H and O–H groups in total. The van der Waals surface area contributed by atoms with Gasteiger partial charge in [-0.05, 0) is 36.6 Å². The molecule has 3 aromatic rings. The van der Waals surface area contributed by atoms with Gasteiger partial charge in [0.25, 0.3) is 10.0 Å². The fourth-order valence-electron chi connectivity index (χ4n) is 3.75. The molecular formula is C21H21ClF2N4O3S2. The molecule has 1 aliphatic heterocycles. The Kier molecular flexibility index (Phi) is 7.13. The van der Waals surface area contributed by atoms with Gasteiger partial charge in [-0.2, -0.15) is 12.8 Å². The summed E-state index contributed by atoms with van der Waals surface area (Å²) in [5, 5.41) is 3.93. The third kappa shape index (κ3) is 5.43. The molecule has 1 aromatic heterocycles. The Morgan fingerprint density at radius 2 is 2.03 bits per heavy atom. The maximum atomic E-state index is 14.7. The van der Waals surface area contributed by atoms with Crippen molar-refractivity contribution in [2.45, 2.75) is 17.2 Å². The first-order chi connectivity index (χ1) is 15.7. The molecule has 4 rings (SSSR count). The quantitative estimate of drug-likeness (QED) is 0.544. The van der Waals surface area contributed by atoms with Crippen LogP contribution < -0.4 is 14.9 Å². The van der Waals surface area contributed by atoms with Crippen molar-refractivity contribution in [3.63, 3.8) is 0 Å². The highest BCUT2D eigenvalue weighted by molar-refractivity contribution is 7.90. The molecule has 0 radical (unpaired) electrons. The number of nitrogens with zero attached hydrogens (tertiary/aromatic N) is 3. The SMILES string of the molecule is Cn1cns/c1=N\S(=O)(=O)c1cc(F)c(OC[C@H]2CNCC[C@@H]2c2ccc(Cl)cc2)cc1F. The number of hydrogen-bond donors (Lipinski definition) is 1. The Morgan fingerprint density at radius 3 is 2.73 bits per heavy atom. The van der Waals surface area contributed by atoms with Crippen LogP contribution in [0.5, 0.6) is 5.75 Å². The number of piperidine rings is 1. The lowest BCUT2D eigenvalue weighted by molar-refractivity contribution is 0.190. The predicted molar refractivity (Wildman–Crippen MR) is 121 cm³/mol. The largest absolute Gasteiger partial charge is 0.490 e. The fourth-order valence-corrected chi connectivity index (χ4v) is 5.75. The van der Waals surface area contributed by atoms with Gasteiger partial charge in [-0.15, -0.1) is 4.40 Å². The summed E-state index contributed by atoms with van der Waals surface area (Å²) in [6.07, 6.45) is 2.23. The van der Waals surface area contributed by atoms with Crippen molar-refractivity contribution in [3.05, 3.63) is 69.7 Å². The number of ether oxygens (including phenoxy) is 1. The summed E-state index contributed by atoms with van der Waals surface area (Å²) < 4.78 is 68.7. The van der Waals surface area contributed by atoms with Gasteiger partial charge in [0.2, 0.25) is 4.80 Å². The van der Waals surface area contributed by atoms with Crippen LogP contribution in [-0.2, 0) is 17.1 Å². The molecular weight excluding hydrogens is 494 g/mol. The molecule has 2 heterocycles. The molecule has 1 saturated heterocycles. The van der Waals surface area contributed by atoms with Gasteiger partial charge in [0, 0.05) is 48.2 Å². The van der Waals surface area contributed by atoms with E-state index in [1.165, 1.54) is 10.9 Å². The number of aromatic nitrogens is 2. The maximum Gasteiger partial charge on any atom is 0.288 e. The Hall–Kier alpha value is -2.34. The highest BCUT2D eigenvalue weighted by atomic mass is 35.5. The molecule has 0 amide bonds. The number of aryl methyl sites for hydroxylation is 1. The minimum absolute atomic E-state index is 0.00660. The Balaban J connectivity index is 1.54. The predicted octanol–water partition coefficient (Wildman–Crippen LogP) is 3.47. The van der Waals surface area contributed by atoms with Gasteiger partial charge in [-0.1, -0.05) is 23.7 Å². The monoisotopic (exact) mass is 514 g/mol. The van der Waals surface area contributed by atoms with E-state index >= 15 is 0 Å². The van der Waals surface area contributed by atoms with E-state index < -0.39 is 26.6 Å². The maximum absolute atomic E-state index is 14.7. The van der Waals surface area contributed by atoms with Crippen LogP contribution in [0.25, 0.3) is 0 Å². The molecule has 176 valence electrons. The topological polar surface area (TPSA) is 85.6 Å². The van der Waals surface area contributed by atoms with Crippen molar-refractivity contribution in [2.24, 2.45) is 17.4 Å². The molecule has 0 spiro atoms. The molecule has 0 aliphatic carbocycles. The molecule has 0 unspecified atom stereocenters. The molecule has 1 aliphatic rings. The van der Waals surface area contributed by atoms with Crippen LogP contribution in [0.2, 0.25) is 5.02 Å². The van der Waals surface area contributed by atoms with E-state index in [9.17, 15) is 17.2 Å². The van der Waals surface area contributed by atoms with Crippen LogP contribution in [-0.4, -0.2) is 37.1 Å². The van der Waals surface area contributed by atoms with Crippen LogP contribution in [0.15, 0.2) is 52.0 Å². The van der Waals surface area contributed by atoms with E-state index in [1.807, 2.05) is 24.3 Å². The van der Waals surface area contributed by atoms with E-state index in [4.69, 9.17) is 16.3 Å². The molecule has 2 aromatic carbocycles. The number of sulfonamides is 1. The van der Waals surface area contributed by atoms with Crippen molar-refractivity contribution in [3.8, 4) is 5.75 Å². The van der Waals surface area contributed by atoms with Gasteiger partial charge in [0.1, 0.15) is 17.0 Å². The van der Waals surface area contributed by atoms with E-state index in [-0.39, 0.29) is 29.0 Å². The van der Waals surface area contributed by atoms with Gasteiger partial charge in [-0.25, -0.2) is 8.78 Å². The first kappa shape index (κ1) is 23.8. The van der Waals surface area contributed by atoms with Crippen LogP contribution in [0.4, 0.5) is 8.78 Å². The smallest absolute Gasteiger partial charge is 0.288 e. The number of hydrogen-bond acceptors (Lipinski definition) is 6. The zero-order valence-corrected chi connectivity index (χ0v) is 19.9. The van der Waals surface area contributed by atoms with E-state index in [2.05, 4.69) is 14.1 Å². The zero-order chi connectivity index (χ0) is 23.6. The second-order valence-corrected chi connectivity index (χ2v) is 10.5. The molecule has 0 bridgehead atoms. The minimum atomic E-state index is -4.48. The molecule has 7 nitrogen and oxygen atoms in total. The zero-order valence-electron chi connectivity index (χ0n) is 17.5. The van der Waals surface area contributed by atoms with Crippen molar-refractivity contribution < 1.29 is 21.9 Å². The summed E-state index contributed by atoms with van der Waals surface area (Å²) in [6, 6.07) is 8.90. The van der Waals surface area contributed by atoms with Gasteiger partial charge in [0.05, 0.1) is 6.61 Å². The highest BCUT2D eigenvalue weighted by Crippen LogP contribution is 2.33. The van der Waals surface area contributed by atoms with Crippen LogP contribution in [0.3, 0.4) is 0 Å². The lowest BCUT2D eigenvalue weighted by atomic mass is 9.81. The normalized spacial score (nSPS) is 19.6. The highest BCUT2D eigenvalue weighted by Gasteiger charge is 2.28. The lowest BCUT2D eigenvalue weighted by Gasteiger charge is -2.32. The summed E-state index contributed by atoms with van der Waals surface area (Å²) in [5.74, 6) is -2.30. The third-order valence-corrected chi connectivity index (χ3v) is 7.87. The minimum Gasteiger partial charge on any atom is -0.490 e. The number of halogens is 3. The van der Waals surface area contributed by atoms with Crippen molar-refractivity contribution in [1.82, 2.24) is 14.3 Å². The summed E-state index contributed by atoms with van der Waals surface area (Å²) in [7, 11) is -2.93. The van der Waals surface area contributed by atoms with E-state index in [0.717, 1.165) is 36.1 Å². The first-order valence-electron chi connectivity index (χ1n) is 10.1. The fraction of sp³-hybridized carbons (Fsp3) is 0.333. The summed E-state index contributed by atoms with van der Waals surface area (Å²) in [6.45, 7) is 1.61. The van der Waals surface area contributed by atoms with Crippen LogP contribution >= 0.6 is 23.1 Å². The van der Waals surface area contributed by atoms with E-state index in [1.54, 1.807) is 7.05 Å². The van der Waals surface area contributed by atoms with Crippen molar-refractivity contribution >= 4 is 33.2 Å². The first-order valence-corrected chi connectivity index (χ1v) is 12.7. The third-order valence-electron chi connectivity index (χ3n) is 5.48. The van der Waals surface area contributed by atoms with Crippen molar-refractivity contribution in [2.75, 3.05) is 19.7 Å². The number of benzene rings is 2. The summed E-state index contributed by atoms with van der Waals surface area (Å²) in [4.78, 5) is -0.827. The van der Waals surface area contributed by atoms with Crippen LogP contribution in [0, 0.1) is 17.6 Å². The Labute approximate surface area is 198 Å². The van der Waals surface area contributed by atoms with Gasteiger partial charge < -0.3 is 14.6 Å². The lowest BCUT2D eigenvalue weighted by Crippen LogP contribution is -2.38. The summed E-state index contributed by atoms with van der Waals surface area (Å²) in [5.41, 5.74) is 1.10. The van der Waals surface area contributed by atoms with E-state index in [0.29, 0.717) is 17.6 Å². The molecule has 33 heavy (non-hydrogen) atoms. The van der Waals surface area contributed by atoms with Gasteiger partial charge in [-0.3, -0.25) is 0 Å². The molecule has 12 heteroatoms. The second-order valence-electron chi connectivity index (χ2n) is 7.71. The number of rotatable bonds is 6. The second kappa shape index (κ2) is 9.88. The average molecular weight is 515 g/mol. The molecule has 1 fully saturated rings. The van der Waals surface area contributed by atoms with Gasteiger partial charge >= 0.3 is 0 Å². The van der Waals surface area contributed by atoms with Gasteiger partial charge in [0.15, 0.2) is 11.6 Å². The molecule has 2 atom stereocenters. The average Bonchev–Trinajstić information content (AvgIpc) is 3.18. The molecule has 0 saturated carbocycles. The standard InChI is InChI=1S/C21H21ClF2N4O3S2/c1-28-12-26-32-21(28)27-33(29,30)20-9-17(23)19(8-18(20)24)31-11-14-10-25-7-6-16(14)13-2-4-15(22)5-3-13/h2-5,8-9,12,14,16,25H,6-7,10-11H2,1H3/b27-21-/t14-,16-/m1/s1. The van der Waals surface area contributed by atoms with Crippen molar-refractivity contribution in [1.29, 1.82) is 0 Å². The summed E-state index contributed by atoms with van der Waals surface area (Å²) >= 11 is 6.81. The Morgan fingerprint density at radius 1 is 1.27 bits per heavy atom. The number of nitrogens with one attached hydrogen (secondary N) is 1. The Bertz CT molecular complexity index is 1310.